The highest BCUT2D eigenvalue weighted by atomic mass is 32.2. The highest BCUT2D eigenvalue weighted by Gasteiger charge is 2.28. The minimum Gasteiger partial charge on any atom is -0.349 e. The van der Waals surface area contributed by atoms with Crippen molar-refractivity contribution < 1.29 is 18.0 Å². The Hall–Kier alpha value is -2.67. The largest absolute Gasteiger partial charge is 0.349 e. The third-order valence-electron chi connectivity index (χ3n) is 5.86. The second kappa shape index (κ2) is 10.1. The number of piperidine rings is 1. The molecule has 2 amide bonds. The van der Waals surface area contributed by atoms with Crippen LogP contribution in [0.5, 0.6) is 0 Å². The molecule has 0 radical (unpaired) electrons. The number of rotatable bonds is 7. The van der Waals surface area contributed by atoms with Gasteiger partial charge in [-0.05, 0) is 49.4 Å². The summed E-state index contributed by atoms with van der Waals surface area (Å²) >= 11 is 0. The fraction of sp³-hybridized carbons (Fsp3) is 0.417. The van der Waals surface area contributed by atoms with E-state index in [1.54, 1.807) is 24.3 Å². The van der Waals surface area contributed by atoms with E-state index in [-0.39, 0.29) is 28.7 Å². The molecule has 0 saturated carbocycles. The Kier molecular flexibility index (Phi) is 7.49. The summed E-state index contributed by atoms with van der Waals surface area (Å²) in [6.45, 7) is 3.09. The van der Waals surface area contributed by atoms with Crippen molar-refractivity contribution in [2.75, 3.05) is 19.3 Å². The maximum absolute atomic E-state index is 12.7. The minimum absolute atomic E-state index is 0.0175. The summed E-state index contributed by atoms with van der Waals surface area (Å²) in [5.74, 6) is 0.00837. The van der Waals surface area contributed by atoms with Gasteiger partial charge in [0, 0.05) is 31.7 Å². The number of aryl methyl sites for hydroxylation is 1. The standard InChI is InChI=1S/C24H30N2O4S/c1-18(20-9-11-22(12-10-20)31(2,29)30)25-24(28)21-14-16-26(17-15-21)23(27)13-8-19-6-4-3-5-7-19/h3-7,9-12,18,21H,8,13-17H2,1-2H3,(H,25,28). The monoisotopic (exact) mass is 442 g/mol. The lowest BCUT2D eigenvalue weighted by molar-refractivity contribution is -0.135. The maximum Gasteiger partial charge on any atom is 0.223 e. The van der Waals surface area contributed by atoms with Gasteiger partial charge in [-0.15, -0.1) is 0 Å². The molecular formula is C24H30N2O4S. The van der Waals surface area contributed by atoms with Gasteiger partial charge in [-0.25, -0.2) is 8.42 Å². The normalized spacial score (nSPS) is 16.0. The molecule has 0 aromatic heterocycles. The van der Waals surface area contributed by atoms with Crippen LogP contribution in [-0.2, 0) is 25.8 Å². The zero-order valence-electron chi connectivity index (χ0n) is 18.1. The minimum atomic E-state index is -3.24. The first-order valence-corrected chi connectivity index (χ1v) is 12.6. The molecule has 7 heteroatoms. The van der Waals surface area contributed by atoms with Gasteiger partial charge < -0.3 is 10.2 Å². The Balaban J connectivity index is 1.45. The number of carbonyl (C=O) groups is 2. The van der Waals surface area contributed by atoms with E-state index in [0.717, 1.165) is 17.5 Å². The van der Waals surface area contributed by atoms with Crippen LogP contribution in [0.25, 0.3) is 0 Å². The Bertz CT molecular complexity index is 996. The summed E-state index contributed by atoms with van der Waals surface area (Å²) in [5.41, 5.74) is 2.01. The highest BCUT2D eigenvalue weighted by Crippen LogP contribution is 2.21. The van der Waals surface area contributed by atoms with Gasteiger partial charge in [0.2, 0.25) is 11.8 Å². The zero-order valence-corrected chi connectivity index (χ0v) is 18.9. The van der Waals surface area contributed by atoms with Crippen molar-refractivity contribution in [3.05, 3.63) is 65.7 Å². The molecule has 31 heavy (non-hydrogen) atoms. The first-order chi connectivity index (χ1) is 14.7. The number of carbonyl (C=O) groups excluding carboxylic acids is 2. The van der Waals surface area contributed by atoms with E-state index in [1.807, 2.05) is 42.2 Å². The maximum atomic E-state index is 12.7. The first-order valence-electron chi connectivity index (χ1n) is 10.7. The highest BCUT2D eigenvalue weighted by molar-refractivity contribution is 7.90. The van der Waals surface area contributed by atoms with E-state index in [1.165, 1.54) is 6.26 Å². The summed E-state index contributed by atoms with van der Waals surface area (Å²) in [7, 11) is -3.24. The second-order valence-electron chi connectivity index (χ2n) is 8.21. The fourth-order valence-electron chi connectivity index (χ4n) is 3.86. The lowest BCUT2D eigenvalue weighted by Crippen LogP contribution is -2.43. The average Bonchev–Trinajstić information content (AvgIpc) is 2.77. The number of sulfone groups is 1. The smallest absolute Gasteiger partial charge is 0.223 e. The third-order valence-corrected chi connectivity index (χ3v) is 6.98. The van der Waals surface area contributed by atoms with Gasteiger partial charge in [0.15, 0.2) is 9.84 Å². The van der Waals surface area contributed by atoms with Crippen LogP contribution in [0.15, 0.2) is 59.5 Å². The van der Waals surface area contributed by atoms with Crippen LogP contribution in [0.3, 0.4) is 0 Å². The van der Waals surface area contributed by atoms with Crippen LogP contribution in [-0.4, -0.2) is 44.5 Å². The molecule has 1 aliphatic heterocycles. The van der Waals surface area contributed by atoms with Crippen LogP contribution < -0.4 is 5.32 Å². The summed E-state index contributed by atoms with van der Waals surface area (Å²) in [5, 5.41) is 3.02. The van der Waals surface area contributed by atoms with E-state index < -0.39 is 9.84 Å². The molecule has 6 nitrogen and oxygen atoms in total. The topological polar surface area (TPSA) is 83.6 Å². The van der Waals surface area contributed by atoms with Crippen LogP contribution in [0.2, 0.25) is 0 Å². The predicted molar refractivity (Wildman–Crippen MR) is 120 cm³/mol. The Morgan fingerprint density at radius 3 is 2.23 bits per heavy atom. The number of nitrogens with zero attached hydrogens (tertiary/aromatic N) is 1. The Morgan fingerprint density at radius 1 is 1.03 bits per heavy atom. The number of likely N-dealkylation sites (tertiary alicyclic amines) is 1. The SMILES string of the molecule is CC(NC(=O)C1CCN(C(=O)CCc2ccccc2)CC1)c1ccc(S(C)(=O)=O)cc1. The van der Waals surface area contributed by atoms with Crippen LogP contribution >= 0.6 is 0 Å². The van der Waals surface area contributed by atoms with E-state index in [0.29, 0.717) is 32.4 Å². The van der Waals surface area contributed by atoms with Crippen molar-refractivity contribution in [1.29, 1.82) is 0 Å². The Labute approximate surface area is 184 Å². The zero-order chi connectivity index (χ0) is 22.4. The Morgan fingerprint density at radius 2 is 1.65 bits per heavy atom. The molecule has 0 bridgehead atoms. The number of hydrogen-bond donors (Lipinski definition) is 1. The van der Waals surface area contributed by atoms with Crippen molar-refractivity contribution in [2.24, 2.45) is 5.92 Å². The molecule has 1 N–H and O–H groups in total. The van der Waals surface area contributed by atoms with Crippen molar-refractivity contribution in [3.63, 3.8) is 0 Å². The van der Waals surface area contributed by atoms with Gasteiger partial charge in [-0.2, -0.15) is 0 Å². The first kappa shape index (κ1) is 23.0. The van der Waals surface area contributed by atoms with E-state index in [9.17, 15) is 18.0 Å². The van der Waals surface area contributed by atoms with Gasteiger partial charge >= 0.3 is 0 Å². The summed E-state index contributed by atoms with van der Waals surface area (Å²) in [6.07, 6.45) is 3.70. The van der Waals surface area contributed by atoms with Crippen LogP contribution in [0.4, 0.5) is 0 Å². The number of hydrogen-bond acceptors (Lipinski definition) is 4. The van der Waals surface area contributed by atoms with Gasteiger partial charge in [0.25, 0.3) is 0 Å². The molecule has 1 fully saturated rings. The summed E-state index contributed by atoms with van der Waals surface area (Å²) in [6, 6.07) is 16.3. The van der Waals surface area contributed by atoms with Crippen molar-refractivity contribution in [2.45, 2.75) is 43.5 Å². The molecule has 2 aromatic carbocycles. The van der Waals surface area contributed by atoms with E-state index in [4.69, 9.17) is 0 Å². The molecule has 0 aliphatic carbocycles. The number of nitrogens with one attached hydrogen (secondary N) is 1. The van der Waals surface area contributed by atoms with Crippen LogP contribution in [0, 0.1) is 5.92 Å². The van der Waals surface area contributed by atoms with Gasteiger partial charge in [-0.3, -0.25) is 9.59 Å². The molecule has 1 heterocycles. The molecule has 0 spiro atoms. The lowest BCUT2D eigenvalue weighted by Gasteiger charge is -2.32. The summed E-state index contributed by atoms with van der Waals surface area (Å²) in [4.78, 5) is 27.3. The number of benzene rings is 2. The predicted octanol–water partition coefficient (Wildman–Crippen LogP) is 3.14. The van der Waals surface area contributed by atoms with Crippen molar-refractivity contribution in [1.82, 2.24) is 10.2 Å². The lowest BCUT2D eigenvalue weighted by atomic mass is 9.94. The average molecular weight is 443 g/mol. The van der Waals surface area contributed by atoms with Crippen molar-refractivity contribution in [3.8, 4) is 0 Å². The van der Waals surface area contributed by atoms with Gasteiger partial charge in [-0.1, -0.05) is 42.5 Å². The van der Waals surface area contributed by atoms with Gasteiger partial charge in [0.05, 0.1) is 10.9 Å². The van der Waals surface area contributed by atoms with Crippen molar-refractivity contribution >= 4 is 21.7 Å². The molecule has 1 atom stereocenters. The quantitative estimate of drug-likeness (QED) is 0.714. The number of amides is 2. The fourth-order valence-corrected chi connectivity index (χ4v) is 4.49. The molecule has 1 unspecified atom stereocenters. The van der Waals surface area contributed by atoms with E-state index >= 15 is 0 Å². The summed E-state index contributed by atoms with van der Waals surface area (Å²) < 4.78 is 23.2. The molecular weight excluding hydrogens is 412 g/mol. The third kappa shape index (κ3) is 6.40. The molecule has 3 rings (SSSR count). The molecule has 166 valence electrons. The molecule has 1 saturated heterocycles. The molecule has 1 aliphatic rings. The van der Waals surface area contributed by atoms with Gasteiger partial charge in [0.1, 0.15) is 0 Å². The second-order valence-corrected chi connectivity index (χ2v) is 10.2. The van der Waals surface area contributed by atoms with Crippen LogP contribution in [0.1, 0.15) is 43.4 Å². The molecule has 2 aromatic rings. The van der Waals surface area contributed by atoms with E-state index in [2.05, 4.69) is 5.32 Å².